The first kappa shape index (κ1) is 9.11. The lowest BCUT2D eigenvalue weighted by molar-refractivity contribution is 0.112. The minimum absolute atomic E-state index is 0.896. The molecule has 1 saturated heterocycles. The maximum Gasteiger partial charge on any atom is 0.0203 e. The molecule has 0 radical (unpaired) electrons. The molecule has 3 atom stereocenters. The van der Waals surface area contributed by atoms with Gasteiger partial charge in [0.05, 0.1) is 0 Å². The van der Waals surface area contributed by atoms with E-state index in [1.54, 1.807) is 0 Å². The van der Waals surface area contributed by atoms with Crippen molar-refractivity contribution in [2.45, 2.75) is 33.6 Å². The van der Waals surface area contributed by atoms with E-state index in [9.17, 15) is 0 Å². The Hall–Kier alpha value is -0.460. The molecule has 3 heterocycles. The highest BCUT2D eigenvalue weighted by molar-refractivity contribution is 5.04. The first-order chi connectivity index (χ1) is 6.18. The Morgan fingerprint density at radius 3 is 2.77 bits per heavy atom. The van der Waals surface area contributed by atoms with Crippen molar-refractivity contribution in [2.24, 2.45) is 17.8 Å². The molecule has 0 aromatic rings. The fourth-order valence-corrected chi connectivity index (χ4v) is 2.99. The monoisotopic (exact) mass is 179 g/mol. The highest BCUT2D eigenvalue weighted by atomic mass is 15.1. The van der Waals surface area contributed by atoms with Crippen LogP contribution in [0.1, 0.15) is 33.6 Å². The van der Waals surface area contributed by atoms with Crippen LogP contribution in [0.4, 0.5) is 0 Å². The molecule has 0 saturated carbocycles. The van der Waals surface area contributed by atoms with Crippen molar-refractivity contribution >= 4 is 0 Å². The van der Waals surface area contributed by atoms with Crippen molar-refractivity contribution in [1.82, 2.24) is 4.90 Å². The molecule has 3 rings (SSSR count). The molecule has 1 heteroatoms. The summed E-state index contributed by atoms with van der Waals surface area (Å²) in [5.74, 6) is 2.76. The van der Waals surface area contributed by atoms with Crippen molar-refractivity contribution < 1.29 is 0 Å². The molecule has 0 aromatic heterocycles. The van der Waals surface area contributed by atoms with E-state index in [0.29, 0.717) is 0 Å². The first-order valence-corrected chi connectivity index (χ1v) is 5.60. The van der Waals surface area contributed by atoms with Crippen molar-refractivity contribution in [3.05, 3.63) is 11.8 Å². The molecule has 3 aliphatic rings. The van der Waals surface area contributed by atoms with Gasteiger partial charge in [-0.15, -0.1) is 0 Å². The summed E-state index contributed by atoms with van der Waals surface area (Å²) in [5.41, 5.74) is 1.51. The highest BCUT2D eigenvalue weighted by Gasteiger charge is 2.31. The highest BCUT2D eigenvalue weighted by Crippen LogP contribution is 2.35. The van der Waals surface area contributed by atoms with Crippen LogP contribution in [0, 0.1) is 17.8 Å². The van der Waals surface area contributed by atoms with Crippen LogP contribution in [0.25, 0.3) is 0 Å². The zero-order valence-corrected chi connectivity index (χ0v) is 9.09. The number of allylic oxidation sites excluding steroid dienone is 2. The van der Waals surface area contributed by atoms with Gasteiger partial charge in [0.1, 0.15) is 0 Å². The van der Waals surface area contributed by atoms with E-state index in [1.807, 2.05) is 0 Å². The molecule has 1 fully saturated rings. The summed E-state index contributed by atoms with van der Waals surface area (Å²) in [4.78, 5) is 2.56. The van der Waals surface area contributed by atoms with Gasteiger partial charge in [0.25, 0.3) is 0 Å². The second kappa shape index (κ2) is 3.36. The number of hydrogen-bond donors (Lipinski definition) is 0. The number of rotatable bonds is 0. The van der Waals surface area contributed by atoms with Crippen molar-refractivity contribution in [2.75, 3.05) is 13.1 Å². The maximum atomic E-state index is 2.56. The minimum atomic E-state index is 0.896. The van der Waals surface area contributed by atoms with E-state index in [2.05, 4.69) is 31.7 Å². The molecule has 1 nitrogen and oxygen atoms in total. The van der Waals surface area contributed by atoms with Crippen molar-refractivity contribution in [3.63, 3.8) is 0 Å². The molecule has 0 aliphatic carbocycles. The van der Waals surface area contributed by atoms with Gasteiger partial charge in [-0.3, -0.25) is 0 Å². The van der Waals surface area contributed by atoms with Crippen LogP contribution in [0.3, 0.4) is 0 Å². The number of piperidine rings is 1. The third kappa shape index (κ3) is 1.61. The van der Waals surface area contributed by atoms with Gasteiger partial charge in [-0.2, -0.15) is 0 Å². The molecule has 3 aliphatic heterocycles. The molecule has 13 heavy (non-hydrogen) atoms. The predicted octanol–water partition coefficient (Wildman–Crippen LogP) is 2.89. The summed E-state index contributed by atoms with van der Waals surface area (Å²) in [7, 11) is 0. The normalized spacial score (nSPS) is 43.8. The molecule has 3 unspecified atom stereocenters. The smallest absolute Gasteiger partial charge is 0.0203 e. The van der Waals surface area contributed by atoms with E-state index < -0.39 is 0 Å². The van der Waals surface area contributed by atoms with Crippen LogP contribution in [0.5, 0.6) is 0 Å². The molecule has 0 aromatic carbocycles. The molecule has 74 valence electrons. The molecular formula is C12H21N. The predicted molar refractivity (Wildman–Crippen MR) is 56.4 cm³/mol. The second-order valence-corrected chi connectivity index (χ2v) is 4.93. The summed E-state index contributed by atoms with van der Waals surface area (Å²) >= 11 is 0. The fourth-order valence-electron chi connectivity index (χ4n) is 2.99. The van der Waals surface area contributed by atoms with E-state index in [4.69, 9.17) is 0 Å². The van der Waals surface area contributed by atoms with Gasteiger partial charge in [0.15, 0.2) is 0 Å². The van der Waals surface area contributed by atoms with E-state index in [0.717, 1.165) is 17.8 Å². The quantitative estimate of drug-likeness (QED) is 0.552. The van der Waals surface area contributed by atoms with Gasteiger partial charge >= 0.3 is 0 Å². The Balaban J connectivity index is 2.23. The molecule has 0 spiro atoms. The summed E-state index contributed by atoms with van der Waals surface area (Å²) in [6.45, 7) is 9.70. The van der Waals surface area contributed by atoms with Gasteiger partial charge in [0.2, 0.25) is 0 Å². The van der Waals surface area contributed by atoms with Crippen molar-refractivity contribution in [3.8, 4) is 0 Å². The average Bonchev–Trinajstić information content (AvgIpc) is 2.11. The first-order valence-electron chi connectivity index (χ1n) is 5.60. The lowest BCUT2D eigenvalue weighted by atomic mass is 9.75. The largest absolute Gasteiger partial charge is 0.375 e. The third-order valence-corrected chi connectivity index (χ3v) is 3.99. The average molecular weight is 179 g/mol. The number of hydrogen-bond acceptors (Lipinski definition) is 1. The maximum absolute atomic E-state index is 2.56. The summed E-state index contributed by atoms with van der Waals surface area (Å²) in [5, 5.41) is 0. The summed E-state index contributed by atoms with van der Waals surface area (Å²) in [6.07, 6.45) is 5.13. The van der Waals surface area contributed by atoms with Crippen molar-refractivity contribution in [1.29, 1.82) is 0 Å². The van der Waals surface area contributed by atoms with Crippen LogP contribution >= 0.6 is 0 Å². The second-order valence-electron chi connectivity index (χ2n) is 4.93. The molecular weight excluding hydrogens is 158 g/mol. The lowest BCUT2D eigenvalue weighted by Gasteiger charge is -2.43. The zero-order valence-electron chi connectivity index (χ0n) is 9.09. The van der Waals surface area contributed by atoms with Gasteiger partial charge < -0.3 is 4.90 Å². The van der Waals surface area contributed by atoms with Gasteiger partial charge in [-0.1, -0.05) is 19.9 Å². The van der Waals surface area contributed by atoms with E-state index in [1.165, 1.54) is 31.6 Å². The fraction of sp³-hybridized carbons (Fsp3) is 0.833. The van der Waals surface area contributed by atoms with Crippen LogP contribution in [-0.4, -0.2) is 18.0 Å². The van der Waals surface area contributed by atoms with Crippen LogP contribution in [-0.2, 0) is 0 Å². The minimum Gasteiger partial charge on any atom is -0.375 e. The zero-order chi connectivity index (χ0) is 9.42. The van der Waals surface area contributed by atoms with Crippen LogP contribution in [0.2, 0.25) is 0 Å². The summed E-state index contributed by atoms with van der Waals surface area (Å²) < 4.78 is 0. The molecule has 2 bridgehead atoms. The topological polar surface area (TPSA) is 3.24 Å². The van der Waals surface area contributed by atoms with E-state index in [-0.39, 0.29) is 0 Å². The van der Waals surface area contributed by atoms with Gasteiger partial charge in [0, 0.05) is 18.8 Å². The Kier molecular flexibility index (Phi) is 2.35. The summed E-state index contributed by atoms with van der Waals surface area (Å²) in [6, 6.07) is 0. The Bertz CT molecular complexity index is 219. The SMILES string of the molecule is C/C1=C/CC(C)C2CCN1CC2C. The Labute approximate surface area is 81.8 Å². The Morgan fingerprint density at radius 2 is 2.08 bits per heavy atom. The molecule has 0 amide bonds. The number of fused-ring (bicyclic) bond motifs is 4. The van der Waals surface area contributed by atoms with Crippen LogP contribution < -0.4 is 0 Å². The van der Waals surface area contributed by atoms with Gasteiger partial charge in [-0.25, -0.2) is 0 Å². The Morgan fingerprint density at radius 1 is 1.31 bits per heavy atom. The van der Waals surface area contributed by atoms with E-state index >= 15 is 0 Å². The van der Waals surface area contributed by atoms with Gasteiger partial charge in [-0.05, 0) is 37.5 Å². The van der Waals surface area contributed by atoms with Crippen LogP contribution in [0.15, 0.2) is 11.8 Å². The third-order valence-electron chi connectivity index (χ3n) is 3.99. The molecule has 0 N–H and O–H groups in total. The standard InChI is InChI=1S/C12H21N/c1-9-4-5-11(3)13-7-6-12(9)10(2)8-13/h5,9-10,12H,4,6-8H2,1-3H3/b11-5-. The number of nitrogens with zero attached hydrogens (tertiary/aromatic N) is 1. The lowest BCUT2D eigenvalue weighted by Crippen LogP contribution is -2.41.